The summed E-state index contributed by atoms with van der Waals surface area (Å²) in [5.41, 5.74) is 1.78. The molecule has 0 atom stereocenters. The molecule has 0 aliphatic rings. The number of halogens is 1. The molecule has 0 bridgehead atoms. The molecule has 0 fully saturated rings. The Morgan fingerprint density at radius 1 is 1.07 bits per heavy atom. The number of aromatic nitrogens is 1. The van der Waals surface area contributed by atoms with Crippen LogP contribution in [0.1, 0.15) is 15.9 Å². The van der Waals surface area contributed by atoms with Crippen molar-refractivity contribution in [1.82, 2.24) is 10.3 Å². The van der Waals surface area contributed by atoms with Gasteiger partial charge in [0.05, 0.1) is 20.8 Å². The van der Waals surface area contributed by atoms with E-state index in [2.05, 4.69) is 20.6 Å². The summed E-state index contributed by atoms with van der Waals surface area (Å²) in [5, 5.41) is 5.80. The highest BCUT2D eigenvalue weighted by Crippen LogP contribution is 2.25. The highest BCUT2D eigenvalue weighted by Gasteiger charge is 2.11. The Bertz CT molecular complexity index is 1000. The molecule has 1 aromatic heterocycles. The number of pyridine rings is 1. The molecule has 0 saturated carbocycles. The fourth-order valence-electron chi connectivity index (χ4n) is 2.57. The zero-order chi connectivity index (χ0) is 21.3. The van der Waals surface area contributed by atoms with Crippen LogP contribution in [0.15, 0.2) is 72.0 Å². The molecule has 0 saturated heterocycles. The van der Waals surface area contributed by atoms with Gasteiger partial charge in [-0.3, -0.25) is 15.1 Å². The predicted octanol–water partition coefficient (Wildman–Crippen LogP) is 3.64. The molecule has 3 aromatic rings. The third kappa shape index (κ3) is 5.78. The maximum absolute atomic E-state index is 13.2. The average molecular weight is 408 g/mol. The molecule has 30 heavy (non-hydrogen) atoms. The molecule has 2 aromatic carbocycles. The van der Waals surface area contributed by atoms with Gasteiger partial charge in [-0.05, 0) is 35.9 Å². The van der Waals surface area contributed by atoms with E-state index in [1.54, 1.807) is 44.8 Å². The number of anilines is 1. The zero-order valence-corrected chi connectivity index (χ0v) is 16.6. The number of nitrogens with one attached hydrogen (secondary N) is 2. The van der Waals surface area contributed by atoms with Crippen molar-refractivity contribution in [2.45, 2.75) is 6.54 Å². The summed E-state index contributed by atoms with van der Waals surface area (Å²) in [5.74, 6) is 0.519. The van der Waals surface area contributed by atoms with E-state index in [0.29, 0.717) is 29.3 Å². The third-order valence-corrected chi connectivity index (χ3v) is 4.10. The second-order valence-corrected chi connectivity index (χ2v) is 6.21. The maximum atomic E-state index is 13.2. The summed E-state index contributed by atoms with van der Waals surface area (Å²) < 4.78 is 23.7. The number of benzene rings is 2. The summed E-state index contributed by atoms with van der Waals surface area (Å²) in [7, 11) is 3.10. The lowest BCUT2D eigenvalue weighted by Crippen LogP contribution is -2.36. The van der Waals surface area contributed by atoms with Crippen molar-refractivity contribution in [2.75, 3.05) is 19.5 Å². The summed E-state index contributed by atoms with van der Waals surface area (Å²) in [6.07, 6.45) is 3.36. The van der Waals surface area contributed by atoms with Crippen molar-refractivity contribution in [3.8, 4) is 11.5 Å². The van der Waals surface area contributed by atoms with E-state index in [0.717, 1.165) is 5.56 Å². The summed E-state index contributed by atoms with van der Waals surface area (Å²) >= 11 is 0. The molecule has 0 radical (unpaired) electrons. The van der Waals surface area contributed by atoms with Crippen LogP contribution in [0, 0.1) is 5.82 Å². The predicted molar refractivity (Wildman–Crippen MR) is 112 cm³/mol. The first-order valence-electron chi connectivity index (χ1n) is 9.08. The first-order valence-corrected chi connectivity index (χ1v) is 9.08. The Hall–Kier alpha value is -3.94. The van der Waals surface area contributed by atoms with Crippen LogP contribution in [0.4, 0.5) is 10.1 Å². The van der Waals surface area contributed by atoms with Gasteiger partial charge < -0.3 is 14.8 Å². The molecule has 0 aliphatic carbocycles. The number of amides is 1. The van der Waals surface area contributed by atoms with Crippen molar-refractivity contribution in [1.29, 1.82) is 0 Å². The minimum atomic E-state index is -0.428. The Kier molecular flexibility index (Phi) is 6.94. The monoisotopic (exact) mass is 408 g/mol. The van der Waals surface area contributed by atoms with Crippen LogP contribution in [0.3, 0.4) is 0 Å². The van der Waals surface area contributed by atoms with Gasteiger partial charge in [0.15, 0.2) is 0 Å². The van der Waals surface area contributed by atoms with Gasteiger partial charge in [0.1, 0.15) is 17.3 Å². The number of carbonyl (C=O) groups excluding carboxylic acids is 1. The molecule has 1 amide bonds. The number of carbonyl (C=O) groups is 1. The minimum Gasteiger partial charge on any atom is -0.497 e. The number of nitrogens with zero attached hydrogens (tertiary/aromatic N) is 2. The Labute approximate surface area is 173 Å². The maximum Gasteiger partial charge on any atom is 0.257 e. The van der Waals surface area contributed by atoms with E-state index in [1.165, 1.54) is 24.3 Å². The highest BCUT2D eigenvalue weighted by atomic mass is 19.1. The molecule has 154 valence electrons. The van der Waals surface area contributed by atoms with Gasteiger partial charge in [-0.1, -0.05) is 6.07 Å². The summed E-state index contributed by atoms with van der Waals surface area (Å²) in [4.78, 5) is 21.1. The molecule has 3 rings (SSSR count). The van der Waals surface area contributed by atoms with E-state index >= 15 is 0 Å². The van der Waals surface area contributed by atoms with Gasteiger partial charge in [-0.25, -0.2) is 9.38 Å². The van der Waals surface area contributed by atoms with Crippen molar-refractivity contribution in [3.63, 3.8) is 0 Å². The lowest BCUT2D eigenvalue weighted by atomic mass is 10.2. The van der Waals surface area contributed by atoms with Crippen LogP contribution >= 0.6 is 0 Å². The van der Waals surface area contributed by atoms with E-state index in [9.17, 15) is 9.18 Å². The van der Waals surface area contributed by atoms with Gasteiger partial charge in [0.2, 0.25) is 5.96 Å². The highest BCUT2D eigenvalue weighted by molar-refractivity contribution is 6.10. The number of rotatable bonds is 6. The molecule has 0 aliphatic heterocycles. The van der Waals surface area contributed by atoms with Crippen LogP contribution in [0.2, 0.25) is 0 Å². The second-order valence-electron chi connectivity index (χ2n) is 6.21. The van der Waals surface area contributed by atoms with E-state index in [1.807, 2.05) is 12.1 Å². The number of guanidine groups is 1. The molecular formula is C22H21FN4O3. The number of methoxy groups -OCH3 is 2. The fourth-order valence-corrected chi connectivity index (χ4v) is 2.57. The second kappa shape index (κ2) is 10.0. The number of ether oxygens (including phenoxy) is 2. The van der Waals surface area contributed by atoms with E-state index in [-0.39, 0.29) is 5.96 Å². The van der Waals surface area contributed by atoms with Crippen molar-refractivity contribution in [3.05, 3.63) is 83.9 Å². The zero-order valence-electron chi connectivity index (χ0n) is 16.6. The number of aliphatic imine (C=N–C) groups is 1. The largest absolute Gasteiger partial charge is 0.497 e. The number of hydrogen-bond donors (Lipinski definition) is 2. The van der Waals surface area contributed by atoms with Crippen molar-refractivity contribution in [2.24, 2.45) is 4.99 Å². The standard InChI is InChI=1S/C22H21FN4O3/c1-29-19-10-18(11-20(12-19)30-2)26-22(25-14-15-4-3-9-24-13-15)27-21(28)16-5-7-17(23)8-6-16/h3-13H,14H2,1-2H3,(H2,25,26,27,28). The molecule has 0 unspecified atom stereocenters. The Balaban J connectivity index is 1.85. The molecule has 8 heteroatoms. The topological polar surface area (TPSA) is 84.8 Å². The van der Waals surface area contributed by atoms with Gasteiger partial charge in [-0.15, -0.1) is 0 Å². The smallest absolute Gasteiger partial charge is 0.257 e. The Morgan fingerprint density at radius 3 is 2.37 bits per heavy atom. The van der Waals surface area contributed by atoms with Gasteiger partial charge in [-0.2, -0.15) is 0 Å². The lowest BCUT2D eigenvalue weighted by Gasteiger charge is -2.14. The number of hydrogen-bond acceptors (Lipinski definition) is 5. The molecular weight excluding hydrogens is 387 g/mol. The van der Waals surface area contributed by atoms with Crippen LogP contribution in [-0.4, -0.2) is 31.1 Å². The average Bonchev–Trinajstić information content (AvgIpc) is 2.78. The molecule has 2 N–H and O–H groups in total. The van der Waals surface area contributed by atoms with E-state index in [4.69, 9.17) is 9.47 Å². The molecule has 0 spiro atoms. The van der Waals surface area contributed by atoms with Crippen LogP contribution < -0.4 is 20.1 Å². The SMILES string of the molecule is COc1cc(NC(=NCc2cccnc2)NC(=O)c2ccc(F)cc2)cc(OC)c1. The lowest BCUT2D eigenvalue weighted by molar-refractivity contribution is 0.0977. The quantitative estimate of drug-likeness (QED) is 0.481. The van der Waals surface area contributed by atoms with Gasteiger partial charge >= 0.3 is 0 Å². The van der Waals surface area contributed by atoms with Gasteiger partial charge in [0.25, 0.3) is 5.91 Å². The van der Waals surface area contributed by atoms with Crippen molar-refractivity contribution < 1.29 is 18.7 Å². The van der Waals surface area contributed by atoms with Crippen LogP contribution in [0.25, 0.3) is 0 Å². The summed E-state index contributed by atoms with van der Waals surface area (Å²) in [6.45, 7) is 0.293. The minimum absolute atomic E-state index is 0.212. The normalized spacial score (nSPS) is 11.0. The first kappa shape index (κ1) is 20.8. The van der Waals surface area contributed by atoms with Crippen molar-refractivity contribution >= 4 is 17.6 Å². The van der Waals surface area contributed by atoms with Crippen LogP contribution in [-0.2, 0) is 6.54 Å². The Morgan fingerprint density at radius 2 is 1.77 bits per heavy atom. The third-order valence-electron chi connectivity index (χ3n) is 4.10. The fraction of sp³-hybridized carbons (Fsp3) is 0.136. The summed E-state index contributed by atoms with van der Waals surface area (Å²) in [6, 6.07) is 14.2. The molecule has 1 heterocycles. The molecule has 7 nitrogen and oxygen atoms in total. The van der Waals surface area contributed by atoms with Crippen LogP contribution in [0.5, 0.6) is 11.5 Å². The van der Waals surface area contributed by atoms with E-state index < -0.39 is 11.7 Å². The van der Waals surface area contributed by atoms with Gasteiger partial charge in [0, 0.05) is 41.8 Å². The first-order chi connectivity index (χ1) is 14.6.